The molecule has 1 N–H and O–H groups in total. The van der Waals surface area contributed by atoms with E-state index in [0.29, 0.717) is 0 Å². The van der Waals surface area contributed by atoms with Crippen molar-refractivity contribution in [3.63, 3.8) is 0 Å². The predicted octanol–water partition coefficient (Wildman–Crippen LogP) is 3.40. The van der Waals surface area contributed by atoms with E-state index >= 15 is 0 Å². The summed E-state index contributed by atoms with van der Waals surface area (Å²) in [6.45, 7) is 0.802. The van der Waals surface area contributed by atoms with E-state index < -0.39 is 0 Å². The van der Waals surface area contributed by atoms with E-state index in [1.54, 1.807) is 14.1 Å². The number of nitrogens with one attached hydrogen (secondary N) is 1. The second-order valence-corrected chi connectivity index (χ2v) is 4.50. The lowest BCUT2D eigenvalue weighted by molar-refractivity contribution is 1.15. The van der Waals surface area contributed by atoms with E-state index in [-0.39, 0.29) is 0 Å². The summed E-state index contributed by atoms with van der Waals surface area (Å²) in [5, 5.41) is 3.44. The van der Waals surface area contributed by atoms with Crippen molar-refractivity contribution >= 4 is 18.1 Å². The third-order valence-electron chi connectivity index (χ3n) is 2.87. The molecule has 0 aliphatic rings. The Bertz CT molecular complexity index is 571. The standard InChI is InChI=1S/C17H19N3/c1-18-11-15-8-16(12-19-2)10-17(9-15)20-13-14-6-4-3-5-7-14/h3-12,20H,13H2,1-2H3/b18-11+,19-12+. The highest BCUT2D eigenvalue weighted by atomic mass is 14.9. The Morgan fingerprint density at radius 1 is 0.900 bits per heavy atom. The summed E-state index contributed by atoms with van der Waals surface area (Å²) in [6.07, 6.45) is 3.70. The van der Waals surface area contributed by atoms with Gasteiger partial charge >= 0.3 is 0 Å². The summed E-state index contributed by atoms with van der Waals surface area (Å²) in [7, 11) is 3.55. The average molecular weight is 265 g/mol. The smallest absolute Gasteiger partial charge is 0.0400 e. The molecular formula is C17H19N3. The Kier molecular flexibility index (Phi) is 5.07. The van der Waals surface area contributed by atoms with E-state index in [4.69, 9.17) is 0 Å². The normalized spacial score (nSPS) is 11.3. The minimum atomic E-state index is 0.802. The van der Waals surface area contributed by atoms with Gasteiger partial charge in [-0.1, -0.05) is 30.3 Å². The van der Waals surface area contributed by atoms with Gasteiger partial charge in [0.15, 0.2) is 0 Å². The van der Waals surface area contributed by atoms with Crippen LogP contribution >= 0.6 is 0 Å². The lowest BCUT2D eigenvalue weighted by atomic mass is 10.1. The molecule has 2 aromatic rings. The highest BCUT2D eigenvalue weighted by molar-refractivity contribution is 5.88. The van der Waals surface area contributed by atoms with Crippen molar-refractivity contribution in [1.29, 1.82) is 0 Å². The molecule has 3 heteroatoms. The number of anilines is 1. The number of nitrogens with zero attached hydrogens (tertiary/aromatic N) is 2. The van der Waals surface area contributed by atoms with E-state index in [1.165, 1.54) is 5.56 Å². The second-order valence-electron chi connectivity index (χ2n) is 4.50. The maximum Gasteiger partial charge on any atom is 0.0400 e. The summed E-state index contributed by atoms with van der Waals surface area (Å²) >= 11 is 0. The third-order valence-corrected chi connectivity index (χ3v) is 2.87. The van der Waals surface area contributed by atoms with E-state index in [2.05, 4.69) is 45.6 Å². The summed E-state index contributed by atoms with van der Waals surface area (Å²) in [6, 6.07) is 16.6. The zero-order valence-electron chi connectivity index (χ0n) is 11.9. The fourth-order valence-corrected chi connectivity index (χ4v) is 2.03. The van der Waals surface area contributed by atoms with Crippen molar-refractivity contribution in [3.8, 4) is 0 Å². The Morgan fingerprint density at radius 3 is 2.05 bits per heavy atom. The molecule has 2 rings (SSSR count). The van der Waals surface area contributed by atoms with Crippen LogP contribution < -0.4 is 5.32 Å². The van der Waals surface area contributed by atoms with Crippen LogP contribution in [0.4, 0.5) is 5.69 Å². The molecule has 20 heavy (non-hydrogen) atoms. The molecule has 0 unspecified atom stereocenters. The zero-order valence-corrected chi connectivity index (χ0v) is 11.9. The largest absolute Gasteiger partial charge is 0.381 e. The molecule has 0 saturated carbocycles. The first-order valence-electron chi connectivity index (χ1n) is 6.59. The van der Waals surface area contributed by atoms with E-state index in [1.807, 2.05) is 30.6 Å². The van der Waals surface area contributed by atoms with Crippen molar-refractivity contribution in [1.82, 2.24) is 0 Å². The molecular weight excluding hydrogens is 246 g/mol. The van der Waals surface area contributed by atoms with Gasteiger partial charge in [0.2, 0.25) is 0 Å². The summed E-state index contributed by atoms with van der Waals surface area (Å²) < 4.78 is 0. The molecule has 0 aliphatic heterocycles. The molecule has 0 fully saturated rings. The van der Waals surface area contributed by atoms with Crippen LogP contribution in [0.2, 0.25) is 0 Å². The Labute approximate surface area is 120 Å². The SMILES string of the molecule is C/N=C/c1cc(/C=N/C)cc(NCc2ccccc2)c1. The molecule has 0 bridgehead atoms. The van der Waals surface area contributed by atoms with Gasteiger partial charge in [0.25, 0.3) is 0 Å². The van der Waals surface area contributed by atoms with Crippen LogP contribution in [-0.4, -0.2) is 26.5 Å². The van der Waals surface area contributed by atoms with Gasteiger partial charge in [-0.15, -0.1) is 0 Å². The topological polar surface area (TPSA) is 36.8 Å². The van der Waals surface area contributed by atoms with Crippen molar-refractivity contribution in [2.75, 3.05) is 19.4 Å². The molecule has 0 amide bonds. The van der Waals surface area contributed by atoms with Gasteiger partial charge in [-0.25, -0.2) is 0 Å². The lowest BCUT2D eigenvalue weighted by Crippen LogP contribution is -2.01. The van der Waals surface area contributed by atoms with Gasteiger partial charge in [0, 0.05) is 38.8 Å². The van der Waals surface area contributed by atoms with E-state index in [0.717, 1.165) is 23.4 Å². The van der Waals surface area contributed by atoms with Crippen LogP contribution in [0.3, 0.4) is 0 Å². The first kappa shape index (κ1) is 14.0. The number of hydrogen-bond donors (Lipinski definition) is 1. The number of benzene rings is 2. The maximum atomic E-state index is 4.07. The van der Waals surface area contributed by atoms with Crippen LogP contribution in [0, 0.1) is 0 Å². The highest BCUT2D eigenvalue weighted by Crippen LogP contribution is 2.14. The van der Waals surface area contributed by atoms with Crippen LogP contribution in [0.1, 0.15) is 16.7 Å². The van der Waals surface area contributed by atoms with Crippen LogP contribution in [-0.2, 0) is 6.54 Å². The maximum absolute atomic E-state index is 4.07. The second kappa shape index (κ2) is 7.24. The quantitative estimate of drug-likeness (QED) is 0.826. The van der Waals surface area contributed by atoms with Gasteiger partial charge in [-0.05, 0) is 34.9 Å². The molecule has 0 radical (unpaired) electrons. The molecule has 2 aromatic carbocycles. The fraction of sp³-hybridized carbons (Fsp3) is 0.176. The Balaban J connectivity index is 2.17. The van der Waals surface area contributed by atoms with Crippen molar-refractivity contribution in [2.24, 2.45) is 9.98 Å². The minimum Gasteiger partial charge on any atom is -0.381 e. The first-order valence-corrected chi connectivity index (χ1v) is 6.59. The van der Waals surface area contributed by atoms with E-state index in [9.17, 15) is 0 Å². The zero-order chi connectivity index (χ0) is 14.2. The van der Waals surface area contributed by atoms with Crippen LogP contribution in [0.5, 0.6) is 0 Å². The van der Waals surface area contributed by atoms with Crippen molar-refractivity contribution in [3.05, 3.63) is 65.2 Å². The molecule has 3 nitrogen and oxygen atoms in total. The minimum absolute atomic E-state index is 0.802. The van der Waals surface area contributed by atoms with Crippen molar-refractivity contribution in [2.45, 2.75) is 6.54 Å². The molecule has 102 valence electrons. The number of rotatable bonds is 5. The number of aliphatic imine (C=N–C) groups is 2. The molecule has 0 saturated heterocycles. The molecule has 0 aliphatic carbocycles. The van der Waals surface area contributed by atoms with Gasteiger partial charge < -0.3 is 5.32 Å². The average Bonchev–Trinajstić information content (AvgIpc) is 2.47. The molecule has 0 heterocycles. The highest BCUT2D eigenvalue weighted by Gasteiger charge is 1.99. The van der Waals surface area contributed by atoms with Crippen molar-refractivity contribution < 1.29 is 0 Å². The summed E-state index contributed by atoms with van der Waals surface area (Å²) in [5.41, 5.74) is 4.47. The van der Waals surface area contributed by atoms with Gasteiger partial charge in [0.05, 0.1) is 0 Å². The fourth-order valence-electron chi connectivity index (χ4n) is 2.03. The van der Waals surface area contributed by atoms with Crippen LogP contribution in [0.15, 0.2) is 58.5 Å². The third kappa shape index (κ3) is 4.05. The van der Waals surface area contributed by atoms with Gasteiger partial charge in [-0.2, -0.15) is 0 Å². The predicted molar refractivity (Wildman–Crippen MR) is 87.2 cm³/mol. The molecule has 0 spiro atoms. The number of hydrogen-bond acceptors (Lipinski definition) is 3. The summed E-state index contributed by atoms with van der Waals surface area (Å²) in [4.78, 5) is 8.14. The van der Waals surface area contributed by atoms with Crippen LogP contribution in [0.25, 0.3) is 0 Å². The monoisotopic (exact) mass is 265 g/mol. The molecule has 0 atom stereocenters. The Morgan fingerprint density at radius 2 is 1.50 bits per heavy atom. The van der Waals surface area contributed by atoms with Gasteiger partial charge in [0.1, 0.15) is 0 Å². The summed E-state index contributed by atoms with van der Waals surface area (Å²) in [5.74, 6) is 0. The Hall–Kier alpha value is -2.42. The first-order chi connectivity index (χ1) is 9.81. The van der Waals surface area contributed by atoms with Gasteiger partial charge in [-0.3, -0.25) is 9.98 Å². The lowest BCUT2D eigenvalue weighted by Gasteiger charge is -2.09. The molecule has 0 aromatic heterocycles.